The van der Waals surface area contributed by atoms with Crippen LogP contribution in [0.2, 0.25) is 0 Å². The van der Waals surface area contributed by atoms with Crippen LogP contribution in [0, 0.1) is 0 Å². The Kier molecular flexibility index (Phi) is 4.84. The maximum atomic E-state index is 6.23. The molecule has 0 aliphatic carbocycles. The van der Waals surface area contributed by atoms with Crippen molar-refractivity contribution in [1.82, 2.24) is 24.1 Å². The fraction of sp³-hybridized carbons (Fsp3) is 0.107. The molecule has 0 bridgehead atoms. The summed E-state index contributed by atoms with van der Waals surface area (Å²) in [4.78, 5) is 14.7. The lowest BCUT2D eigenvalue weighted by atomic mass is 10.2. The second-order valence-corrected chi connectivity index (χ2v) is 8.31. The molecule has 0 amide bonds. The average Bonchev–Trinajstić information content (AvgIpc) is 3.40. The number of nitrogens with zero attached hydrogens (tertiary/aromatic N) is 5. The maximum absolute atomic E-state index is 6.23. The fourth-order valence-corrected chi connectivity index (χ4v) is 4.31. The predicted molar refractivity (Wildman–Crippen MR) is 134 cm³/mol. The van der Waals surface area contributed by atoms with Crippen LogP contribution in [-0.4, -0.2) is 24.1 Å². The Bertz CT molecular complexity index is 1530. The summed E-state index contributed by atoms with van der Waals surface area (Å²) < 4.78 is 10.4. The van der Waals surface area contributed by atoms with Gasteiger partial charge in [-0.05, 0) is 29.8 Å². The first kappa shape index (κ1) is 20.2. The minimum Gasteiger partial charge on any atom is -0.489 e. The van der Waals surface area contributed by atoms with Crippen LogP contribution in [0.15, 0.2) is 91.0 Å². The van der Waals surface area contributed by atoms with Gasteiger partial charge in [-0.15, -0.1) is 0 Å². The van der Waals surface area contributed by atoms with Gasteiger partial charge in [-0.25, -0.2) is 15.0 Å². The molecule has 166 valence electrons. The van der Waals surface area contributed by atoms with Gasteiger partial charge in [0.1, 0.15) is 23.7 Å². The second kappa shape index (κ2) is 8.15. The number of benzene rings is 3. The first-order chi connectivity index (χ1) is 16.7. The summed E-state index contributed by atoms with van der Waals surface area (Å²) in [6.45, 7) is 0.467. The van der Waals surface area contributed by atoms with E-state index >= 15 is 0 Å². The van der Waals surface area contributed by atoms with E-state index in [4.69, 9.17) is 19.7 Å². The molecule has 6 nitrogen and oxygen atoms in total. The first-order valence-electron chi connectivity index (χ1n) is 11.2. The van der Waals surface area contributed by atoms with Gasteiger partial charge >= 0.3 is 0 Å². The summed E-state index contributed by atoms with van der Waals surface area (Å²) in [7, 11) is 4.02. The summed E-state index contributed by atoms with van der Waals surface area (Å²) in [5, 5.41) is 0. The molecule has 0 radical (unpaired) electrons. The monoisotopic (exact) mass is 445 g/mol. The van der Waals surface area contributed by atoms with E-state index in [9.17, 15) is 0 Å². The zero-order chi connectivity index (χ0) is 23.1. The van der Waals surface area contributed by atoms with Crippen LogP contribution in [0.1, 0.15) is 5.56 Å². The van der Waals surface area contributed by atoms with Crippen molar-refractivity contribution in [3.05, 3.63) is 96.6 Å². The van der Waals surface area contributed by atoms with Gasteiger partial charge in [0, 0.05) is 26.2 Å². The van der Waals surface area contributed by atoms with Crippen LogP contribution in [0.25, 0.3) is 45.1 Å². The quantitative estimate of drug-likeness (QED) is 0.338. The van der Waals surface area contributed by atoms with E-state index in [0.29, 0.717) is 6.61 Å². The zero-order valence-corrected chi connectivity index (χ0v) is 19.0. The molecule has 3 aromatic carbocycles. The highest BCUT2D eigenvalue weighted by atomic mass is 16.5. The van der Waals surface area contributed by atoms with Crippen LogP contribution in [0.4, 0.5) is 0 Å². The summed E-state index contributed by atoms with van der Waals surface area (Å²) in [6.07, 6.45) is 0. The summed E-state index contributed by atoms with van der Waals surface area (Å²) in [5.74, 6) is 2.29. The van der Waals surface area contributed by atoms with Gasteiger partial charge in [-0.2, -0.15) is 0 Å². The fourth-order valence-electron chi connectivity index (χ4n) is 4.31. The molecule has 6 heteroatoms. The van der Waals surface area contributed by atoms with E-state index in [0.717, 1.165) is 56.4 Å². The van der Waals surface area contributed by atoms with Crippen LogP contribution < -0.4 is 4.74 Å². The normalized spacial score (nSPS) is 11.4. The second-order valence-electron chi connectivity index (χ2n) is 8.31. The molecule has 0 saturated heterocycles. The molecule has 0 fully saturated rings. The number of aryl methyl sites for hydroxylation is 2. The van der Waals surface area contributed by atoms with E-state index in [1.54, 1.807) is 0 Å². The third kappa shape index (κ3) is 3.49. The number of hydrogen-bond donors (Lipinski definition) is 0. The average molecular weight is 446 g/mol. The van der Waals surface area contributed by atoms with Gasteiger partial charge in [-0.1, -0.05) is 54.6 Å². The van der Waals surface area contributed by atoms with Crippen molar-refractivity contribution in [3.8, 4) is 28.8 Å². The predicted octanol–water partition coefficient (Wildman–Crippen LogP) is 5.77. The molecule has 0 spiro atoms. The molecular formula is C28H23N5O. The Morgan fingerprint density at radius 2 is 1.12 bits per heavy atom. The van der Waals surface area contributed by atoms with E-state index in [-0.39, 0.29) is 0 Å². The molecule has 0 atom stereocenters. The maximum Gasteiger partial charge on any atom is 0.159 e. The summed E-state index contributed by atoms with van der Waals surface area (Å²) in [6, 6.07) is 30.2. The Hall–Kier alpha value is -4.45. The number of fused-ring (bicyclic) bond motifs is 2. The van der Waals surface area contributed by atoms with Crippen LogP contribution in [-0.2, 0) is 20.7 Å². The largest absolute Gasteiger partial charge is 0.489 e. The van der Waals surface area contributed by atoms with Crippen molar-refractivity contribution < 1.29 is 4.74 Å². The molecule has 3 aromatic heterocycles. The molecule has 0 saturated carbocycles. The SMILES string of the molecule is Cn1c(-c2cc(OCc3ccccc3)cc(-c3nc4ccccc4n3C)n2)nc2ccccc21. The Balaban J connectivity index is 1.50. The van der Waals surface area contributed by atoms with Gasteiger partial charge in [0.05, 0.1) is 22.1 Å². The summed E-state index contributed by atoms with van der Waals surface area (Å²) >= 11 is 0. The molecule has 6 rings (SSSR count). The minimum atomic E-state index is 0.467. The standard InChI is InChI=1S/C28H23N5O/c1-32-25-14-8-6-12-21(25)30-27(32)23-16-20(34-18-19-10-4-3-5-11-19)17-24(29-23)28-31-22-13-7-9-15-26(22)33(28)2/h3-17H,18H2,1-2H3. The lowest BCUT2D eigenvalue weighted by molar-refractivity contribution is 0.306. The lowest BCUT2D eigenvalue weighted by Crippen LogP contribution is -2.02. The molecule has 0 aliphatic heterocycles. The van der Waals surface area contributed by atoms with Gasteiger partial charge in [0.15, 0.2) is 11.6 Å². The van der Waals surface area contributed by atoms with Crippen molar-refractivity contribution in [2.45, 2.75) is 6.61 Å². The molecule has 34 heavy (non-hydrogen) atoms. The topological polar surface area (TPSA) is 57.8 Å². The van der Waals surface area contributed by atoms with Gasteiger partial charge in [-0.3, -0.25) is 0 Å². The Morgan fingerprint density at radius 3 is 1.65 bits per heavy atom. The Morgan fingerprint density at radius 1 is 0.618 bits per heavy atom. The van der Waals surface area contributed by atoms with Gasteiger partial charge in [0.25, 0.3) is 0 Å². The highest BCUT2D eigenvalue weighted by molar-refractivity contribution is 5.82. The third-order valence-corrected chi connectivity index (χ3v) is 6.08. The van der Waals surface area contributed by atoms with Crippen LogP contribution in [0.5, 0.6) is 5.75 Å². The molecule has 0 aliphatic rings. The number of ether oxygens (including phenoxy) is 1. The minimum absolute atomic E-state index is 0.467. The van der Waals surface area contributed by atoms with Crippen LogP contribution in [0.3, 0.4) is 0 Å². The molecular weight excluding hydrogens is 422 g/mol. The number of pyridine rings is 1. The molecule has 0 unspecified atom stereocenters. The van der Waals surface area contributed by atoms with E-state index in [1.807, 2.05) is 80.8 Å². The van der Waals surface area contributed by atoms with E-state index in [2.05, 4.69) is 33.4 Å². The number of hydrogen-bond acceptors (Lipinski definition) is 4. The first-order valence-corrected chi connectivity index (χ1v) is 11.2. The summed E-state index contributed by atoms with van der Waals surface area (Å²) in [5.41, 5.74) is 6.56. The number of imidazole rings is 2. The van der Waals surface area contributed by atoms with Crippen molar-refractivity contribution in [2.24, 2.45) is 14.1 Å². The molecule has 3 heterocycles. The number of rotatable bonds is 5. The number of aromatic nitrogens is 5. The van der Waals surface area contributed by atoms with Crippen molar-refractivity contribution >= 4 is 22.1 Å². The smallest absolute Gasteiger partial charge is 0.159 e. The van der Waals surface area contributed by atoms with Gasteiger partial charge < -0.3 is 13.9 Å². The Labute approximate surface area is 197 Å². The highest BCUT2D eigenvalue weighted by Gasteiger charge is 2.17. The zero-order valence-electron chi connectivity index (χ0n) is 19.0. The number of para-hydroxylation sites is 4. The van der Waals surface area contributed by atoms with Gasteiger partial charge in [0.2, 0.25) is 0 Å². The van der Waals surface area contributed by atoms with Crippen LogP contribution >= 0.6 is 0 Å². The third-order valence-electron chi connectivity index (χ3n) is 6.08. The lowest BCUT2D eigenvalue weighted by Gasteiger charge is -2.11. The van der Waals surface area contributed by atoms with Crippen molar-refractivity contribution in [1.29, 1.82) is 0 Å². The van der Waals surface area contributed by atoms with E-state index in [1.165, 1.54) is 0 Å². The molecule has 6 aromatic rings. The van der Waals surface area contributed by atoms with Crippen molar-refractivity contribution in [3.63, 3.8) is 0 Å². The van der Waals surface area contributed by atoms with Crippen molar-refractivity contribution in [2.75, 3.05) is 0 Å². The van der Waals surface area contributed by atoms with E-state index < -0.39 is 0 Å². The highest BCUT2D eigenvalue weighted by Crippen LogP contribution is 2.31. The molecule has 0 N–H and O–H groups in total.